The molecule has 0 saturated carbocycles. The number of aromatic nitrogens is 1. The van der Waals surface area contributed by atoms with Gasteiger partial charge in [-0.3, -0.25) is 81.5 Å². The van der Waals surface area contributed by atoms with Crippen LogP contribution in [0, 0.1) is 23.7 Å². The van der Waals surface area contributed by atoms with Crippen LogP contribution in [0.4, 0.5) is 0 Å². The fraction of sp³-hybridized carbons (Fsp3) is 0.444. The number of nitrogens with zero attached hydrogens (tertiary/aromatic N) is 5. The van der Waals surface area contributed by atoms with Crippen molar-refractivity contribution in [2.24, 2.45) is 29.4 Å². The maximum atomic E-state index is 15.8. The van der Waals surface area contributed by atoms with Gasteiger partial charge in [0, 0.05) is 135 Å². The van der Waals surface area contributed by atoms with E-state index < -0.39 is 230 Å². The number of ether oxygens (including phenoxy) is 1. The standard InChI is InChI=1S/C99H125N13O21S/c1-11-12-32-82-98(131)108(6)55-71(116)51-68(56-133-59-113)86(118)53-73(61(4)5)95(128)111(9)83(49-63-26-18-14-19-27-63)94(127)106-79(48-66-35-39-70(115)40-36-66)97(130)109(7)81(41-44-89(121)122)93(126)105-77(52-67-54-101-74-31-23-22-30-72(67)74)92(125)104-76(46-65-33-37-69(114)38-34-65)91(124)103-75(45-60(2)3)90(123)107-80(85(117)42-43-87(100)119)57-134-58-88(120)102-78(47-62-24-16-13-17-25-62)96(129)112(10)84(99(132)110(82)8)50-64-28-20-15-21-29-64/h13-31,33-40,54,59-61,68,73,75-84,101,114-115H,11-12,32,41-53,55-58H2,1-10H3,(H2,100,119)(H,102,120)(H,103,124)(H,104,125)(H,105,126)(H,106,127)(H,107,123)(H,121,122)/t68-,73-,75-,76-,77-,78-,79-,80-,81-,82-,83-,84-/m0/s1. The summed E-state index contributed by atoms with van der Waals surface area (Å²) in [5.74, 6) is -18.9. The first-order chi connectivity index (χ1) is 63.8. The lowest BCUT2D eigenvalue weighted by atomic mass is 9.84. The molecule has 1 aromatic heterocycles. The summed E-state index contributed by atoms with van der Waals surface area (Å²) in [5.41, 5.74) is 9.01. The van der Waals surface area contributed by atoms with E-state index in [1.54, 1.807) is 149 Å². The number of unbranched alkanes of at least 4 members (excludes halogenated alkanes) is 1. The predicted molar refractivity (Wildman–Crippen MR) is 501 cm³/mol. The Hall–Kier alpha value is -13.6. The number of carbonyl (C=O) groups is 17. The summed E-state index contributed by atoms with van der Waals surface area (Å²) in [7, 11) is 6.63. The number of benzene rings is 6. The van der Waals surface area contributed by atoms with E-state index in [-0.39, 0.29) is 81.0 Å². The van der Waals surface area contributed by atoms with E-state index in [2.05, 4.69) is 36.9 Å². The van der Waals surface area contributed by atoms with Crippen molar-refractivity contribution in [2.45, 2.75) is 198 Å². The Bertz CT molecular complexity index is 5220. The first kappa shape index (κ1) is 106. The first-order valence-electron chi connectivity index (χ1n) is 44.9. The van der Waals surface area contributed by atoms with Crippen molar-refractivity contribution in [3.63, 3.8) is 0 Å². The lowest BCUT2D eigenvalue weighted by Gasteiger charge is -2.37. The molecule has 12 N–H and O–H groups in total. The van der Waals surface area contributed by atoms with E-state index in [1.807, 2.05) is 6.92 Å². The monoisotopic (exact) mass is 1860 g/mol. The van der Waals surface area contributed by atoms with Gasteiger partial charge in [-0.25, -0.2) is 0 Å². The summed E-state index contributed by atoms with van der Waals surface area (Å²) >= 11 is 0.860. The maximum absolute atomic E-state index is 15.8. The number of amides is 12. The maximum Gasteiger partial charge on any atom is 0.303 e. The second kappa shape index (κ2) is 52.0. The van der Waals surface area contributed by atoms with Gasteiger partial charge in [-0.15, -0.1) is 11.8 Å². The van der Waals surface area contributed by atoms with Crippen LogP contribution in [-0.2, 0) is 125 Å². The number of H-pyrrole nitrogens is 1. The number of primary amides is 1. The molecule has 718 valence electrons. The normalized spacial score (nSPS) is 22.2. The number of phenolic OH excluding ortho intramolecular Hbond substituents is 2. The number of likely N-dealkylation sites (N-methyl/N-ethyl adjacent to an activating group) is 5. The fourth-order valence-electron chi connectivity index (χ4n) is 16.2. The van der Waals surface area contributed by atoms with Gasteiger partial charge in [0.2, 0.25) is 70.9 Å². The molecular formula is C99H125N13O21S. The van der Waals surface area contributed by atoms with Crippen LogP contribution >= 0.6 is 11.8 Å². The number of rotatable bonds is 28. The van der Waals surface area contributed by atoms with Gasteiger partial charge in [0.15, 0.2) is 11.6 Å². The molecule has 12 amide bonds. The van der Waals surface area contributed by atoms with E-state index in [1.165, 1.54) is 93.6 Å². The third-order valence-electron chi connectivity index (χ3n) is 23.9. The number of carbonyl (C=O) groups excluding carboxylic acids is 16. The number of aromatic hydroxyl groups is 2. The predicted octanol–water partition coefficient (Wildman–Crippen LogP) is 5.67. The molecule has 8 rings (SSSR count). The number of carboxylic acid groups (broad SMARTS) is 1. The molecule has 134 heavy (non-hydrogen) atoms. The zero-order chi connectivity index (χ0) is 98.0. The Kier molecular flexibility index (Phi) is 41.0. The van der Waals surface area contributed by atoms with E-state index in [9.17, 15) is 48.9 Å². The Labute approximate surface area is 784 Å². The van der Waals surface area contributed by atoms with Crippen molar-refractivity contribution in [3.05, 3.63) is 203 Å². The minimum atomic E-state index is -1.80. The number of para-hydroxylation sites is 1. The van der Waals surface area contributed by atoms with Crippen LogP contribution in [0.15, 0.2) is 170 Å². The van der Waals surface area contributed by atoms with Crippen molar-refractivity contribution in [3.8, 4) is 11.5 Å². The highest BCUT2D eigenvalue weighted by molar-refractivity contribution is 8.00. The number of ketones is 3. The lowest BCUT2D eigenvalue weighted by Crippen LogP contribution is -2.61. The number of carboxylic acids is 1. The van der Waals surface area contributed by atoms with Crippen molar-refractivity contribution in [1.82, 2.24) is 61.4 Å². The third-order valence-corrected chi connectivity index (χ3v) is 24.9. The Balaban J connectivity index is 1.25. The van der Waals surface area contributed by atoms with E-state index in [0.717, 1.165) is 26.5 Å². The SMILES string of the molecule is CCCC[C@H]1C(=O)N(C)CC(=O)C[C@@H](COC=O)C(=O)C[C@@H](C(C)C)C(=O)N(C)[C@@H](Cc2ccccc2)C(=O)N[C@@H](Cc2ccc(O)cc2)C(=O)N(C)[C@@H](CCC(=O)O)C(=O)N[C@@H](Cc2c[nH]c3ccccc23)C(=O)N[C@@H](Cc2ccc(O)cc2)C(=O)N[C@@H](CC(C)C)C(=O)N[C@H](C(=O)CCC(N)=O)CSCC(=O)N[C@@H](Cc2ccccc2)C(=O)N(C)[C@@H](Cc2ccccc2)C(=O)N1C. The molecule has 0 bridgehead atoms. The molecule has 1 aliphatic rings. The number of hydrogen-bond acceptors (Lipinski definition) is 21. The van der Waals surface area contributed by atoms with Crippen LogP contribution < -0.4 is 37.6 Å². The Morgan fingerprint density at radius 1 is 0.493 bits per heavy atom. The van der Waals surface area contributed by atoms with Crippen LogP contribution in [0.5, 0.6) is 11.5 Å². The summed E-state index contributed by atoms with van der Waals surface area (Å²) in [6, 6.07) is 28.6. The van der Waals surface area contributed by atoms with Crippen molar-refractivity contribution < 1.29 is 102 Å². The molecule has 0 unspecified atom stereocenters. The fourth-order valence-corrected chi connectivity index (χ4v) is 17.1. The molecule has 0 spiro atoms. The molecule has 1 aliphatic heterocycles. The van der Waals surface area contributed by atoms with Crippen LogP contribution in [0.25, 0.3) is 10.9 Å². The summed E-state index contributed by atoms with van der Waals surface area (Å²) in [5, 5.41) is 48.5. The van der Waals surface area contributed by atoms with Gasteiger partial charge >= 0.3 is 5.97 Å². The molecule has 34 nitrogen and oxygen atoms in total. The van der Waals surface area contributed by atoms with E-state index >= 15 is 47.9 Å². The van der Waals surface area contributed by atoms with Gasteiger partial charge in [-0.05, 0) is 94.8 Å². The van der Waals surface area contributed by atoms with E-state index in [4.69, 9.17) is 10.5 Å². The van der Waals surface area contributed by atoms with Gasteiger partial charge in [0.25, 0.3) is 6.47 Å². The molecule has 0 radical (unpaired) electrons. The van der Waals surface area contributed by atoms with Gasteiger partial charge in [0.05, 0.1) is 24.3 Å². The Morgan fingerprint density at radius 3 is 1.51 bits per heavy atom. The van der Waals surface area contributed by atoms with Crippen LogP contribution in [-0.4, -0.2) is 266 Å². The number of nitrogens with two attached hydrogens (primary N) is 1. The van der Waals surface area contributed by atoms with Gasteiger partial charge < -0.3 is 87.2 Å². The zero-order valence-electron chi connectivity index (χ0n) is 77.4. The highest BCUT2D eigenvalue weighted by Gasteiger charge is 2.43. The Morgan fingerprint density at radius 2 is 0.963 bits per heavy atom. The van der Waals surface area contributed by atoms with Crippen molar-refractivity contribution >= 4 is 123 Å². The quantitative estimate of drug-likeness (QED) is 0.0263. The third kappa shape index (κ3) is 31.8. The molecule has 1 fully saturated rings. The van der Waals surface area contributed by atoms with Crippen LogP contribution in [0.3, 0.4) is 0 Å². The molecule has 2 heterocycles. The second-order valence-electron chi connectivity index (χ2n) is 34.9. The highest BCUT2D eigenvalue weighted by Crippen LogP contribution is 2.28. The molecular weight excluding hydrogens is 1740 g/mol. The molecule has 7 aromatic rings. The van der Waals surface area contributed by atoms with Gasteiger partial charge in [0.1, 0.15) is 78.3 Å². The van der Waals surface area contributed by atoms with E-state index in [0.29, 0.717) is 57.1 Å². The number of thioether (sulfide) groups is 1. The minimum absolute atomic E-state index is 0.0689. The highest BCUT2D eigenvalue weighted by atomic mass is 32.2. The largest absolute Gasteiger partial charge is 0.508 e. The van der Waals surface area contributed by atoms with Crippen LogP contribution in [0.2, 0.25) is 0 Å². The molecule has 0 aliphatic carbocycles. The number of fused-ring (bicyclic) bond motifs is 1. The summed E-state index contributed by atoms with van der Waals surface area (Å²) in [6.07, 6.45) is -2.57. The average molecular weight is 1870 g/mol. The molecule has 1 saturated heterocycles. The summed E-state index contributed by atoms with van der Waals surface area (Å²) < 4.78 is 5.16. The number of hydrogen-bond donors (Lipinski definition) is 11. The van der Waals surface area contributed by atoms with Crippen LogP contribution in [0.1, 0.15) is 132 Å². The van der Waals surface area contributed by atoms with Crippen molar-refractivity contribution in [1.29, 1.82) is 0 Å². The summed E-state index contributed by atoms with van der Waals surface area (Å²) in [6.45, 7) is 7.46. The molecule has 35 heteroatoms. The lowest BCUT2D eigenvalue weighted by molar-refractivity contribution is -0.151. The van der Waals surface area contributed by atoms with Gasteiger partial charge in [-0.1, -0.05) is 181 Å². The second-order valence-corrected chi connectivity index (χ2v) is 35.9. The average Bonchev–Trinajstić information content (AvgIpc) is 1.51. The topological polar surface area (TPSA) is 490 Å². The number of aromatic amines is 1. The smallest absolute Gasteiger partial charge is 0.303 e. The number of phenols is 2. The number of aliphatic carboxylic acids is 1. The number of nitrogens with one attached hydrogen (secondary N) is 7. The van der Waals surface area contributed by atoms with Gasteiger partial charge in [-0.2, -0.15) is 0 Å². The summed E-state index contributed by atoms with van der Waals surface area (Å²) in [4.78, 5) is 259. The first-order valence-corrected chi connectivity index (χ1v) is 46.1. The molecule has 6 aromatic carbocycles. The van der Waals surface area contributed by atoms with Crippen molar-refractivity contribution in [2.75, 3.05) is 59.9 Å². The number of Topliss-reactive ketones (excluding diaryl/α,β-unsaturated/α-hetero) is 3. The molecule has 12 atom stereocenters. The minimum Gasteiger partial charge on any atom is -0.508 e. The zero-order valence-corrected chi connectivity index (χ0v) is 78.2.